The van der Waals surface area contributed by atoms with Crippen LogP contribution >= 0.6 is 24.0 Å². The Morgan fingerprint density at radius 1 is 1.56 bits per heavy atom. The number of piperidine rings is 1. The van der Waals surface area contributed by atoms with E-state index in [2.05, 4.69) is 27.3 Å². The smallest absolute Gasteiger partial charge is 0.193 e. The molecule has 0 atom stereocenters. The summed E-state index contributed by atoms with van der Waals surface area (Å²) in [5.74, 6) is 1.79. The van der Waals surface area contributed by atoms with Gasteiger partial charge in [-0.1, -0.05) is 12.1 Å². The molecule has 0 radical (unpaired) electrons. The molecule has 1 aromatic heterocycles. The zero-order chi connectivity index (χ0) is 12.1. The maximum Gasteiger partial charge on any atom is 0.193 e. The number of guanidine groups is 1. The summed E-state index contributed by atoms with van der Waals surface area (Å²) in [5.41, 5.74) is 0.900. The van der Waals surface area contributed by atoms with Gasteiger partial charge in [-0.25, -0.2) is 0 Å². The fourth-order valence-corrected chi connectivity index (χ4v) is 2.05. The molecule has 0 spiro atoms. The number of aliphatic imine (C=N–C) groups is 1. The van der Waals surface area contributed by atoms with Crippen molar-refractivity contribution in [2.75, 3.05) is 20.1 Å². The van der Waals surface area contributed by atoms with Crippen molar-refractivity contribution in [3.63, 3.8) is 0 Å². The second kappa shape index (κ2) is 7.60. The van der Waals surface area contributed by atoms with Crippen molar-refractivity contribution in [3.05, 3.63) is 18.0 Å². The predicted octanol–water partition coefficient (Wildman–Crippen LogP) is 2.10. The van der Waals surface area contributed by atoms with Gasteiger partial charge in [0.2, 0.25) is 0 Å². The average Bonchev–Trinajstić information content (AvgIpc) is 2.85. The van der Waals surface area contributed by atoms with E-state index < -0.39 is 0 Å². The molecule has 1 fully saturated rings. The zero-order valence-corrected chi connectivity index (χ0v) is 13.3. The van der Waals surface area contributed by atoms with E-state index in [1.54, 1.807) is 6.26 Å². The van der Waals surface area contributed by atoms with Gasteiger partial charge in [0.05, 0.1) is 6.54 Å². The maximum absolute atomic E-state index is 4.80. The molecule has 0 aliphatic carbocycles. The van der Waals surface area contributed by atoms with E-state index in [0.29, 0.717) is 6.54 Å². The molecule has 1 N–H and O–H groups in total. The fourth-order valence-electron chi connectivity index (χ4n) is 2.05. The Hall–Kier alpha value is -0.790. The van der Waals surface area contributed by atoms with Crippen LogP contribution in [0.15, 0.2) is 21.8 Å². The molecular formula is C12H21IN4O. The van der Waals surface area contributed by atoms with Crippen LogP contribution in [-0.4, -0.2) is 36.2 Å². The standard InChI is InChI=1S/C12H20N4O.HI/c1-10-3-6-16(7-4-10)12(13-2)14-9-11-5-8-17-15-11;/h5,8,10H,3-4,6-7,9H2,1-2H3,(H,13,14);1H. The highest BCUT2D eigenvalue weighted by Gasteiger charge is 2.18. The Kier molecular flexibility index (Phi) is 6.45. The van der Waals surface area contributed by atoms with Gasteiger partial charge in [-0.15, -0.1) is 24.0 Å². The summed E-state index contributed by atoms with van der Waals surface area (Å²) in [5, 5.41) is 7.18. The lowest BCUT2D eigenvalue weighted by Crippen LogP contribution is -2.45. The summed E-state index contributed by atoms with van der Waals surface area (Å²) in [7, 11) is 1.82. The number of hydrogen-bond acceptors (Lipinski definition) is 3. The number of hydrogen-bond donors (Lipinski definition) is 1. The van der Waals surface area contributed by atoms with E-state index in [1.165, 1.54) is 12.8 Å². The number of nitrogens with zero attached hydrogens (tertiary/aromatic N) is 3. The van der Waals surface area contributed by atoms with Crippen LogP contribution in [0.2, 0.25) is 0 Å². The van der Waals surface area contributed by atoms with Crippen LogP contribution in [0.4, 0.5) is 0 Å². The molecule has 0 amide bonds. The van der Waals surface area contributed by atoms with Crippen LogP contribution in [0.5, 0.6) is 0 Å². The normalized spacial score (nSPS) is 17.4. The highest BCUT2D eigenvalue weighted by molar-refractivity contribution is 14.0. The third kappa shape index (κ3) is 4.15. The summed E-state index contributed by atoms with van der Waals surface area (Å²) in [6.45, 7) is 5.14. The first-order valence-electron chi connectivity index (χ1n) is 6.14. The van der Waals surface area contributed by atoms with Gasteiger partial charge in [-0.2, -0.15) is 0 Å². The number of rotatable bonds is 2. The predicted molar refractivity (Wildman–Crippen MR) is 82.1 cm³/mol. The van der Waals surface area contributed by atoms with Crippen LogP contribution in [-0.2, 0) is 6.54 Å². The molecular weight excluding hydrogens is 343 g/mol. The molecule has 1 aromatic rings. The van der Waals surface area contributed by atoms with Gasteiger partial charge in [0.15, 0.2) is 5.96 Å². The van der Waals surface area contributed by atoms with Gasteiger partial charge in [0, 0.05) is 26.2 Å². The van der Waals surface area contributed by atoms with Crippen LogP contribution in [0, 0.1) is 5.92 Å². The molecule has 0 aromatic carbocycles. The lowest BCUT2D eigenvalue weighted by molar-refractivity contribution is 0.273. The zero-order valence-electron chi connectivity index (χ0n) is 10.9. The minimum Gasteiger partial charge on any atom is -0.364 e. The fraction of sp³-hybridized carbons (Fsp3) is 0.667. The van der Waals surface area contributed by atoms with E-state index in [4.69, 9.17) is 4.52 Å². The average molecular weight is 364 g/mol. The third-order valence-electron chi connectivity index (χ3n) is 3.21. The number of nitrogens with one attached hydrogen (secondary N) is 1. The molecule has 2 heterocycles. The molecule has 18 heavy (non-hydrogen) atoms. The van der Waals surface area contributed by atoms with Crippen LogP contribution in [0.1, 0.15) is 25.5 Å². The second-order valence-electron chi connectivity index (χ2n) is 4.56. The molecule has 1 saturated heterocycles. The Labute approximate surface area is 125 Å². The lowest BCUT2D eigenvalue weighted by Gasteiger charge is -2.32. The first kappa shape index (κ1) is 15.3. The van der Waals surface area contributed by atoms with Crippen LogP contribution in [0.3, 0.4) is 0 Å². The molecule has 0 saturated carbocycles. The summed E-state index contributed by atoms with van der Waals surface area (Å²) < 4.78 is 4.80. The van der Waals surface area contributed by atoms with Crippen molar-refractivity contribution >= 4 is 29.9 Å². The highest BCUT2D eigenvalue weighted by atomic mass is 127. The van der Waals surface area contributed by atoms with Crippen molar-refractivity contribution in [2.24, 2.45) is 10.9 Å². The first-order valence-corrected chi connectivity index (χ1v) is 6.14. The molecule has 5 nitrogen and oxygen atoms in total. The SMILES string of the molecule is CN=C(NCc1ccon1)N1CCC(C)CC1.I. The Morgan fingerprint density at radius 2 is 2.28 bits per heavy atom. The van der Waals surface area contributed by atoms with Gasteiger partial charge in [0.25, 0.3) is 0 Å². The van der Waals surface area contributed by atoms with Gasteiger partial charge in [0.1, 0.15) is 12.0 Å². The molecule has 6 heteroatoms. The van der Waals surface area contributed by atoms with E-state index in [-0.39, 0.29) is 24.0 Å². The monoisotopic (exact) mass is 364 g/mol. The van der Waals surface area contributed by atoms with Gasteiger partial charge in [-0.05, 0) is 18.8 Å². The summed E-state index contributed by atoms with van der Waals surface area (Å²) >= 11 is 0. The van der Waals surface area contributed by atoms with Crippen LogP contribution < -0.4 is 5.32 Å². The minimum atomic E-state index is 0. The van der Waals surface area contributed by atoms with Gasteiger partial charge >= 0.3 is 0 Å². The Bertz CT molecular complexity index is 358. The molecule has 0 unspecified atom stereocenters. The van der Waals surface area contributed by atoms with Crippen molar-refractivity contribution in [3.8, 4) is 0 Å². The third-order valence-corrected chi connectivity index (χ3v) is 3.21. The van der Waals surface area contributed by atoms with Gasteiger partial charge in [-0.3, -0.25) is 4.99 Å². The highest BCUT2D eigenvalue weighted by Crippen LogP contribution is 2.15. The largest absolute Gasteiger partial charge is 0.364 e. The summed E-state index contributed by atoms with van der Waals surface area (Å²) in [6, 6.07) is 1.86. The minimum absolute atomic E-state index is 0. The number of halogens is 1. The van der Waals surface area contributed by atoms with Crippen molar-refractivity contribution in [2.45, 2.75) is 26.3 Å². The first-order chi connectivity index (χ1) is 8.29. The van der Waals surface area contributed by atoms with Crippen molar-refractivity contribution < 1.29 is 4.52 Å². The molecule has 0 bridgehead atoms. The van der Waals surface area contributed by atoms with Crippen molar-refractivity contribution in [1.82, 2.24) is 15.4 Å². The van der Waals surface area contributed by atoms with E-state index in [9.17, 15) is 0 Å². The number of aromatic nitrogens is 1. The van der Waals surface area contributed by atoms with Crippen molar-refractivity contribution in [1.29, 1.82) is 0 Å². The molecule has 1 aliphatic rings. The molecule has 102 valence electrons. The topological polar surface area (TPSA) is 53.7 Å². The molecule has 2 rings (SSSR count). The quantitative estimate of drug-likeness (QED) is 0.496. The van der Waals surface area contributed by atoms with Gasteiger partial charge < -0.3 is 14.7 Å². The summed E-state index contributed by atoms with van der Waals surface area (Å²) in [6.07, 6.45) is 4.07. The Balaban J connectivity index is 0.00000162. The Morgan fingerprint density at radius 3 is 2.83 bits per heavy atom. The second-order valence-corrected chi connectivity index (χ2v) is 4.56. The van der Waals surface area contributed by atoms with Crippen LogP contribution in [0.25, 0.3) is 0 Å². The van der Waals surface area contributed by atoms with E-state index in [0.717, 1.165) is 30.7 Å². The maximum atomic E-state index is 4.80. The van der Waals surface area contributed by atoms with E-state index in [1.807, 2.05) is 13.1 Å². The lowest BCUT2D eigenvalue weighted by atomic mass is 10.00. The number of likely N-dealkylation sites (tertiary alicyclic amines) is 1. The summed E-state index contributed by atoms with van der Waals surface area (Å²) in [4.78, 5) is 6.61. The van der Waals surface area contributed by atoms with E-state index >= 15 is 0 Å². The molecule has 1 aliphatic heterocycles.